The number of rotatable bonds is 10. The highest BCUT2D eigenvalue weighted by molar-refractivity contribution is 5.91. The Balaban J connectivity index is 2.82. The van der Waals surface area contributed by atoms with Crippen LogP contribution in [0.1, 0.15) is 94.6 Å². The van der Waals surface area contributed by atoms with E-state index >= 15 is 0 Å². The molecular weight excluding hydrogens is 300 g/mol. The lowest BCUT2D eigenvalue weighted by atomic mass is 9.79. The summed E-state index contributed by atoms with van der Waals surface area (Å²) in [7, 11) is 0. The van der Waals surface area contributed by atoms with Crippen molar-refractivity contribution in [2.75, 3.05) is 0 Å². The number of carboxylic acids is 1. The van der Waals surface area contributed by atoms with E-state index in [-0.39, 0.29) is 16.7 Å². The Morgan fingerprint density at radius 2 is 1.75 bits per heavy atom. The molecule has 1 aromatic carbocycles. The molecule has 0 unspecified atom stereocenters. The van der Waals surface area contributed by atoms with E-state index in [1.807, 2.05) is 19.9 Å². The molecule has 0 aliphatic heterocycles. The van der Waals surface area contributed by atoms with E-state index < -0.39 is 5.97 Å². The van der Waals surface area contributed by atoms with Gasteiger partial charge in [-0.05, 0) is 42.2 Å². The van der Waals surface area contributed by atoms with Crippen molar-refractivity contribution < 1.29 is 15.0 Å². The maximum Gasteiger partial charge on any atom is 0.339 e. The summed E-state index contributed by atoms with van der Waals surface area (Å²) in [5.74, 6) is -0.367. The van der Waals surface area contributed by atoms with Gasteiger partial charge < -0.3 is 10.2 Å². The van der Waals surface area contributed by atoms with E-state index in [1.54, 1.807) is 6.07 Å². The van der Waals surface area contributed by atoms with E-state index in [0.29, 0.717) is 0 Å². The fourth-order valence-electron chi connectivity index (χ4n) is 2.94. The maximum atomic E-state index is 11.5. The predicted molar refractivity (Wildman–Crippen MR) is 100 cm³/mol. The molecule has 0 aliphatic carbocycles. The Hall–Kier alpha value is -1.51. The van der Waals surface area contributed by atoms with Crippen molar-refractivity contribution in [2.24, 2.45) is 5.92 Å². The highest BCUT2D eigenvalue weighted by atomic mass is 16.4. The van der Waals surface area contributed by atoms with Crippen LogP contribution in [0.5, 0.6) is 5.75 Å². The van der Waals surface area contributed by atoms with Gasteiger partial charge in [0.1, 0.15) is 11.3 Å². The van der Waals surface area contributed by atoms with Crippen molar-refractivity contribution in [1.29, 1.82) is 0 Å². The summed E-state index contributed by atoms with van der Waals surface area (Å²) in [5.41, 5.74) is 1.57. The molecule has 3 nitrogen and oxygen atoms in total. The highest BCUT2D eigenvalue weighted by Crippen LogP contribution is 2.37. The summed E-state index contributed by atoms with van der Waals surface area (Å²) in [4.78, 5) is 11.5. The fourth-order valence-corrected chi connectivity index (χ4v) is 2.94. The second kappa shape index (κ2) is 9.10. The molecule has 0 spiro atoms. The Morgan fingerprint density at radius 1 is 1.12 bits per heavy atom. The summed E-state index contributed by atoms with van der Waals surface area (Å²) in [6, 6.07) is 3.64. The number of aromatic hydroxyl groups is 1. The zero-order chi connectivity index (χ0) is 18.3. The van der Waals surface area contributed by atoms with Crippen molar-refractivity contribution in [3.05, 3.63) is 28.8 Å². The van der Waals surface area contributed by atoms with Crippen LogP contribution in [0.25, 0.3) is 0 Å². The van der Waals surface area contributed by atoms with Crippen molar-refractivity contribution in [3.63, 3.8) is 0 Å². The van der Waals surface area contributed by atoms with Crippen LogP contribution >= 0.6 is 0 Å². The Kier molecular flexibility index (Phi) is 7.78. The standard InChI is InChI=1S/C21H34O3/c1-6-21(4,5)18-14-16(13-17(19(18)22)20(23)24)12-10-8-7-9-11-15(2)3/h13-15,22H,6-12H2,1-5H3,(H,23,24). The molecule has 0 heterocycles. The Bertz CT molecular complexity index is 544. The number of aromatic carboxylic acids is 1. The minimum absolute atomic E-state index is 0.0313. The van der Waals surface area contributed by atoms with E-state index in [2.05, 4.69) is 20.8 Å². The van der Waals surface area contributed by atoms with Crippen molar-refractivity contribution in [2.45, 2.75) is 85.0 Å². The monoisotopic (exact) mass is 334 g/mol. The summed E-state index contributed by atoms with van der Waals surface area (Å²) < 4.78 is 0. The van der Waals surface area contributed by atoms with Crippen LogP contribution < -0.4 is 0 Å². The lowest BCUT2D eigenvalue weighted by molar-refractivity contribution is 0.0693. The Morgan fingerprint density at radius 3 is 2.29 bits per heavy atom. The molecule has 0 atom stereocenters. The molecule has 1 aromatic rings. The van der Waals surface area contributed by atoms with E-state index in [9.17, 15) is 15.0 Å². The molecule has 0 saturated heterocycles. The molecule has 136 valence electrons. The minimum atomic E-state index is -1.06. The number of aryl methyl sites for hydroxylation is 1. The first-order valence-electron chi connectivity index (χ1n) is 9.28. The second-order valence-electron chi connectivity index (χ2n) is 7.93. The Labute approximate surface area is 147 Å². The first-order chi connectivity index (χ1) is 11.2. The third kappa shape index (κ3) is 5.85. The van der Waals surface area contributed by atoms with Gasteiger partial charge in [-0.15, -0.1) is 0 Å². The molecule has 3 heteroatoms. The van der Waals surface area contributed by atoms with Gasteiger partial charge in [-0.2, -0.15) is 0 Å². The number of hydrogen-bond donors (Lipinski definition) is 2. The van der Waals surface area contributed by atoms with Gasteiger partial charge in [0.05, 0.1) is 0 Å². The van der Waals surface area contributed by atoms with E-state index in [1.165, 1.54) is 25.7 Å². The van der Waals surface area contributed by atoms with Crippen LogP contribution in [0, 0.1) is 5.92 Å². The normalized spacial score (nSPS) is 11.9. The molecule has 0 saturated carbocycles. The topological polar surface area (TPSA) is 57.5 Å². The van der Waals surface area contributed by atoms with Gasteiger partial charge >= 0.3 is 5.97 Å². The van der Waals surface area contributed by atoms with Gasteiger partial charge in [0.25, 0.3) is 0 Å². The first-order valence-corrected chi connectivity index (χ1v) is 9.28. The quantitative estimate of drug-likeness (QED) is 0.522. The maximum absolute atomic E-state index is 11.5. The van der Waals surface area contributed by atoms with Crippen LogP contribution in [0.3, 0.4) is 0 Å². The number of benzene rings is 1. The van der Waals surface area contributed by atoms with Gasteiger partial charge in [-0.25, -0.2) is 4.79 Å². The second-order valence-corrected chi connectivity index (χ2v) is 7.93. The molecule has 24 heavy (non-hydrogen) atoms. The lowest BCUT2D eigenvalue weighted by Gasteiger charge is -2.26. The van der Waals surface area contributed by atoms with Gasteiger partial charge in [0.2, 0.25) is 0 Å². The number of unbranched alkanes of at least 4 members (excludes halogenated alkanes) is 3. The number of phenols is 1. The van der Waals surface area contributed by atoms with Gasteiger partial charge in [0, 0.05) is 5.56 Å². The highest BCUT2D eigenvalue weighted by Gasteiger charge is 2.26. The summed E-state index contributed by atoms with van der Waals surface area (Å²) in [5, 5.41) is 19.7. The van der Waals surface area contributed by atoms with Gasteiger partial charge in [-0.1, -0.05) is 66.4 Å². The van der Waals surface area contributed by atoms with Crippen LogP contribution in [0.4, 0.5) is 0 Å². The van der Waals surface area contributed by atoms with Gasteiger partial charge in [-0.3, -0.25) is 0 Å². The van der Waals surface area contributed by atoms with E-state index in [0.717, 1.165) is 36.3 Å². The third-order valence-corrected chi connectivity index (χ3v) is 5.01. The average Bonchev–Trinajstić information content (AvgIpc) is 2.51. The van der Waals surface area contributed by atoms with Crippen molar-refractivity contribution >= 4 is 5.97 Å². The lowest BCUT2D eigenvalue weighted by Crippen LogP contribution is -2.17. The predicted octanol–water partition coefficient (Wildman–Crippen LogP) is 5.93. The molecule has 0 fully saturated rings. The molecule has 0 radical (unpaired) electrons. The third-order valence-electron chi connectivity index (χ3n) is 5.01. The molecule has 0 amide bonds. The van der Waals surface area contributed by atoms with Crippen LogP contribution in [0.2, 0.25) is 0 Å². The number of hydrogen-bond acceptors (Lipinski definition) is 2. The molecule has 0 bridgehead atoms. The van der Waals surface area contributed by atoms with E-state index in [4.69, 9.17) is 0 Å². The molecule has 0 aliphatic rings. The summed E-state index contributed by atoms with van der Waals surface area (Å²) >= 11 is 0. The zero-order valence-corrected chi connectivity index (χ0v) is 16.0. The van der Waals surface area contributed by atoms with Crippen LogP contribution in [-0.2, 0) is 11.8 Å². The molecule has 1 rings (SSSR count). The SMILES string of the molecule is CCC(C)(C)c1cc(CCCCCCC(C)C)cc(C(=O)O)c1O. The van der Waals surface area contributed by atoms with Crippen LogP contribution in [0.15, 0.2) is 12.1 Å². The molecular formula is C21H34O3. The fraction of sp³-hybridized carbons (Fsp3) is 0.667. The van der Waals surface area contributed by atoms with Crippen LogP contribution in [-0.4, -0.2) is 16.2 Å². The van der Waals surface area contributed by atoms with Crippen molar-refractivity contribution in [3.8, 4) is 5.75 Å². The summed E-state index contributed by atoms with van der Waals surface area (Å²) in [6.07, 6.45) is 7.72. The average molecular weight is 334 g/mol. The minimum Gasteiger partial charge on any atom is -0.507 e. The molecule has 2 N–H and O–H groups in total. The first kappa shape index (κ1) is 20.5. The van der Waals surface area contributed by atoms with Gasteiger partial charge in [0.15, 0.2) is 0 Å². The smallest absolute Gasteiger partial charge is 0.339 e. The van der Waals surface area contributed by atoms with Crippen molar-refractivity contribution in [1.82, 2.24) is 0 Å². The number of carbonyl (C=O) groups is 1. The number of carboxylic acid groups (broad SMARTS) is 1. The summed E-state index contributed by atoms with van der Waals surface area (Å²) in [6.45, 7) is 10.6. The largest absolute Gasteiger partial charge is 0.507 e. The zero-order valence-electron chi connectivity index (χ0n) is 16.0. The molecule has 0 aromatic heterocycles.